The van der Waals surface area contributed by atoms with Crippen LogP contribution in [0, 0.1) is 6.92 Å². The van der Waals surface area contributed by atoms with Crippen LogP contribution in [0.15, 0.2) is 24.4 Å². The average Bonchev–Trinajstić information content (AvgIpc) is 2.77. The third kappa shape index (κ3) is 3.38. The second-order valence-corrected chi connectivity index (χ2v) is 4.87. The molecule has 0 amide bonds. The quantitative estimate of drug-likeness (QED) is 0.910. The molecular weight excluding hydrogens is 299 g/mol. The number of nitrogens with one attached hydrogen (secondary N) is 1. The molecule has 0 saturated carbocycles. The minimum Gasteiger partial charge on any atom is -0.478 e. The van der Waals surface area contributed by atoms with E-state index >= 15 is 0 Å². The SMILES string of the molecule is Cc1cc(NCc2c(C(F)(F)F)cnn2C)cc(C(=O)O)c1. The number of halogens is 3. The minimum absolute atomic E-state index is 0.0223. The van der Waals surface area contributed by atoms with Gasteiger partial charge in [-0.2, -0.15) is 18.3 Å². The highest BCUT2D eigenvalue weighted by atomic mass is 19.4. The van der Waals surface area contributed by atoms with E-state index in [0.29, 0.717) is 11.3 Å². The molecule has 0 aliphatic heterocycles. The third-order valence-electron chi connectivity index (χ3n) is 3.15. The van der Waals surface area contributed by atoms with Crippen molar-refractivity contribution >= 4 is 11.7 Å². The summed E-state index contributed by atoms with van der Waals surface area (Å²) in [7, 11) is 1.42. The first-order chi connectivity index (χ1) is 10.2. The molecule has 0 spiro atoms. The molecule has 0 fully saturated rings. The van der Waals surface area contributed by atoms with Crippen molar-refractivity contribution < 1.29 is 23.1 Å². The lowest BCUT2D eigenvalue weighted by atomic mass is 10.1. The first-order valence-electron chi connectivity index (χ1n) is 6.35. The molecule has 0 saturated heterocycles. The number of aromatic carboxylic acids is 1. The predicted molar refractivity (Wildman–Crippen MR) is 73.7 cm³/mol. The van der Waals surface area contributed by atoms with E-state index in [4.69, 9.17) is 5.11 Å². The van der Waals surface area contributed by atoms with Crippen molar-refractivity contribution in [3.05, 3.63) is 46.8 Å². The molecule has 0 radical (unpaired) electrons. The Morgan fingerprint density at radius 3 is 2.64 bits per heavy atom. The van der Waals surface area contributed by atoms with E-state index in [1.165, 1.54) is 19.2 Å². The molecule has 1 aromatic carbocycles. The highest BCUT2D eigenvalue weighted by Gasteiger charge is 2.35. The van der Waals surface area contributed by atoms with Gasteiger partial charge in [-0.3, -0.25) is 4.68 Å². The zero-order valence-electron chi connectivity index (χ0n) is 11.9. The van der Waals surface area contributed by atoms with Crippen LogP contribution in [0.1, 0.15) is 27.2 Å². The zero-order chi connectivity index (χ0) is 16.5. The van der Waals surface area contributed by atoms with Crippen LogP contribution >= 0.6 is 0 Å². The number of hydrogen-bond donors (Lipinski definition) is 2. The Balaban J connectivity index is 2.24. The molecule has 8 heteroatoms. The van der Waals surface area contributed by atoms with E-state index in [0.717, 1.165) is 10.9 Å². The summed E-state index contributed by atoms with van der Waals surface area (Å²) in [6.07, 6.45) is -3.71. The monoisotopic (exact) mass is 313 g/mol. The molecule has 0 atom stereocenters. The van der Waals surface area contributed by atoms with Crippen LogP contribution in [0.25, 0.3) is 0 Å². The molecular formula is C14H14F3N3O2. The van der Waals surface area contributed by atoms with Gasteiger partial charge in [0, 0.05) is 12.7 Å². The lowest BCUT2D eigenvalue weighted by molar-refractivity contribution is -0.138. The molecule has 2 aromatic rings. The Hall–Kier alpha value is -2.51. The van der Waals surface area contributed by atoms with Gasteiger partial charge in [0.2, 0.25) is 0 Å². The van der Waals surface area contributed by atoms with Gasteiger partial charge in [0.25, 0.3) is 0 Å². The van der Waals surface area contributed by atoms with Gasteiger partial charge in [-0.05, 0) is 30.7 Å². The minimum atomic E-state index is -4.48. The van der Waals surface area contributed by atoms with E-state index in [1.807, 2.05) is 0 Å². The number of rotatable bonds is 4. The van der Waals surface area contributed by atoms with Gasteiger partial charge in [-0.1, -0.05) is 0 Å². The summed E-state index contributed by atoms with van der Waals surface area (Å²) < 4.78 is 39.7. The topological polar surface area (TPSA) is 67.2 Å². The molecule has 0 aliphatic carbocycles. The van der Waals surface area contributed by atoms with Gasteiger partial charge in [0.05, 0.1) is 29.6 Å². The predicted octanol–water partition coefficient (Wildman–Crippen LogP) is 3.06. The van der Waals surface area contributed by atoms with Crippen molar-refractivity contribution in [3.63, 3.8) is 0 Å². The van der Waals surface area contributed by atoms with Crippen molar-refractivity contribution in [3.8, 4) is 0 Å². The number of anilines is 1. The molecule has 22 heavy (non-hydrogen) atoms. The van der Waals surface area contributed by atoms with Crippen molar-refractivity contribution in [2.75, 3.05) is 5.32 Å². The number of carbonyl (C=O) groups is 1. The van der Waals surface area contributed by atoms with E-state index in [-0.39, 0.29) is 17.8 Å². The van der Waals surface area contributed by atoms with Crippen molar-refractivity contribution in [1.29, 1.82) is 0 Å². The van der Waals surface area contributed by atoms with Gasteiger partial charge in [-0.15, -0.1) is 0 Å². The summed E-state index contributed by atoms with van der Waals surface area (Å²) in [5.74, 6) is -1.09. The maximum atomic E-state index is 12.9. The normalized spacial score (nSPS) is 11.5. The van der Waals surface area contributed by atoms with E-state index in [9.17, 15) is 18.0 Å². The summed E-state index contributed by atoms with van der Waals surface area (Å²) in [6.45, 7) is 1.59. The molecule has 1 aromatic heterocycles. The van der Waals surface area contributed by atoms with Crippen LogP contribution < -0.4 is 5.32 Å². The summed E-state index contributed by atoms with van der Waals surface area (Å²) in [5, 5.41) is 15.4. The molecule has 0 unspecified atom stereocenters. The summed E-state index contributed by atoms with van der Waals surface area (Å²) >= 11 is 0. The molecule has 0 aliphatic rings. The number of aromatic nitrogens is 2. The average molecular weight is 313 g/mol. The Labute approximate surface area is 124 Å². The van der Waals surface area contributed by atoms with Gasteiger partial charge in [0.1, 0.15) is 0 Å². The van der Waals surface area contributed by atoms with Crippen molar-refractivity contribution in [2.24, 2.45) is 7.05 Å². The number of carboxylic acids is 1. The largest absolute Gasteiger partial charge is 0.478 e. The van der Waals surface area contributed by atoms with Crippen LogP contribution in [0.4, 0.5) is 18.9 Å². The molecule has 2 N–H and O–H groups in total. The fourth-order valence-electron chi connectivity index (χ4n) is 2.10. The molecule has 1 heterocycles. The first-order valence-corrected chi connectivity index (χ1v) is 6.35. The first kappa shape index (κ1) is 15.9. The Morgan fingerprint density at radius 1 is 1.36 bits per heavy atom. The Morgan fingerprint density at radius 2 is 2.05 bits per heavy atom. The number of hydrogen-bond acceptors (Lipinski definition) is 3. The number of benzene rings is 1. The maximum absolute atomic E-state index is 12.9. The maximum Gasteiger partial charge on any atom is 0.419 e. The number of aryl methyl sites for hydroxylation is 2. The molecule has 0 bridgehead atoms. The lowest BCUT2D eigenvalue weighted by Crippen LogP contribution is -2.13. The second kappa shape index (κ2) is 5.70. The molecule has 2 rings (SSSR count). The Kier molecular flexibility index (Phi) is 4.11. The summed E-state index contributed by atoms with van der Waals surface area (Å²) in [6, 6.07) is 4.52. The highest BCUT2D eigenvalue weighted by molar-refractivity contribution is 5.89. The molecule has 5 nitrogen and oxygen atoms in total. The van der Waals surface area contributed by atoms with Gasteiger partial charge < -0.3 is 10.4 Å². The fraction of sp³-hybridized carbons (Fsp3) is 0.286. The van der Waals surface area contributed by atoms with Crippen LogP contribution in [0.5, 0.6) is 0 Å². The van der Waals surface area contributed by atoms with E-state index < -0.39 is 17.7 Å². The van der Waals surface area contributed by atoms with Crippen LogP contribution in [-0.4, -0.2) is 20.9 Å². The van der Waals surface area contributed by atoms with Crippen LogP contribution in [0.3, 0.4) is 0 Å². The number of alkyl halides is 3. The number of nitrogens with zero attached hydrogens (tertiary/aromatic N) is 2. The third-order valence-corrected chi connectivity index (χ3v) is 3.15. The standard InChI is InChI=1S/C14H14F3N3O2/c1-8-3-9(13(21)22)5-10(4-8)18-7-12-11(14(15,16)17)6-19-20(12)2/h3-6,18H,7H2,1-2H3,(H,21,22). The van der Waals surface area contributed by atoms with Crippen molar-refractivity contribution in [2.45, 2.75) is 19.6 Å². The second-order valence-electron chi connectivity index (χ2n) is 4.87. The Bertz CT molecular complexity index is 708. The summed E-state index contributed by atoms with van der Waals surface area (Å²) in [5.41, 5.74) is 0.373. The smallest absolute Gasteiger partial charge is 0.419 e. The van der Waals surface area contributed by atoms with Crippen LogP contribution in [-0.2, 0) is 19.8 Å². The van der Waals surface area contributed by atoms with Gasteiger partial charge in [0.15, 0.2) is 0 Å². The summed E-state index contributed by atoms with van der Waals surface area (Å²) in [4.78, 5) is 11.0. The lowest BCUT2D eigenvalue weighted by Gasteiger charge is -2.12. The number of carboxylic acid groups (broad SMARTS) is 1. The van der Waals surface area contributed by atoms with Gasteiger partial charge in [-0.25, -0.2) is 4.79 Å². The van der Waals surface area contributed by atoms with Crippen molar-refractivity contribution in [1.82, 2.24) is 9.78 Å². The van der Waals surface area contributed by atoms with Gasteiger partial charge >= 0.3 is 12.1 Å². The van der Waals surface area contributed by atoms with E-state index in [2.05, 4.69) is 10.4 Å². The zero-order valence-corrected chi connectivity index (χ0v) is 11.9. The fourth-order valence-corrected chi connectivity index (χ4v) is 2.10. The van der Waals surface area contributed by atoms with E-state index in [1.54, 1.807) is 13.0 Å². The van der Waals surface area contributed by atoms with Crippen LogP contribution in [0.2, 0.25) is 0 Å². The molecule has 118 valence electrons. The highest BCUT2D eigenvalue weighted by Crippen LogP contribution is 2.32.